The molecule has 4 rings (SSSR count). The van der Waals surface area contributed by atoms with E-state index >= 15 is 0 Å². The number of amides is 1. The number of hydrogen-bond acceptors (Lipinski definition) is 7. The fourth-order valence-electron chi connectivity index (χ4n) is 4.42. The Morgan fingerprint density at radius 2 is 2.03 bits per heavy atom. The van der Waals surface area contributed by atoms with Crippen molar-refractivity contribution in [2.75, 3.05) is 29.3 Å². The van der Waals surface area contributed by atoms with Crippen LogP contribution in [0.5, 0.6) is 5.75 Å². The minimum Gasteiger partial charge on any atom is -0.507 e. The molecule has 1 aromatic carbocycles. The van der Waals surface area contributed by atoms with E-state index in [0.717, 1.165) is 30.8 Å². The van der Waals surface area contributed by atoms with Crippen molar-refractivity contribution in [1.29, 1.82) is 0 Å². The van der Waals surface area contributed by atoms with Crippen molar-refractivity contribution >= 4 is 35.3 Å². The Kier molecular flexibility index (Phi) is 7.65. The van der Waals surface area contributed by atoms with E-state index in [1.54, 1.807) is 36.3 Å². The second-order valence-corrected chi connectivity index (χ2v) is 7.71. The van der Waals surface area contributed by atoms with Crippen LogP contribution in [0.3, 0.4) is 0 Å². The molecular formula is C22H26N5O3Y-. The first-order chi connectivity index (χ1) is 14.6. The summed E-state index contributed by atoms with van der Waals surface area (Å²) in [5.74, 6) is 1.78. The van der Waals surface area contributed by atoms with Gasteiger partial charge in [-0.05, 0) is 19.3 Å². The minimum absolute atomic E-state index is 0. The zero-order chi connectivity index (χ0) is 21.3. The summed E-state index contributed by atoms with van der Waals surface area (Å²) >= 11 is 0. The van der Waals surface area contributed by atoms with Gasteiger partial charge in [0.1, 0.15) is 11.7 Å². The molecule has 1 radical (unpaired) electrons. The standard InChI is InChI=1S/C22H26N5O3.Y/c1-4-17-21(29)26(2)18-12-23-22(25-20(18)27(17)15-7-5-6-8-15)24-16-10-9-14(13-28)11-19(16)30-3;/h9-12,15,17H,4-8H2,1-3H3,(H,23,24,25);/q-1;. The van der Waals surface area contributed by atoms with Gasteiger partial charge in [0.25, 0.3) is 0 Å². The molecule has 2 aromatic rings. The molecule has 2 aliphatic rings. The van der Waals surface area contributed by atoms with Crippen LogP contribution >= 0.6 is 0 Å². The van der Waals surface area contributed by atoms with Crippen molar-refractivity contribution in [1.82, 2.24) is 9.97 Å². The summed E-state index contributed by atoms with van der Waals surface area (Å²) in [5.41, 5.74) is 1.78. The maximum atomic E-state index is 13.0. The zero-order valence-electron chi connectivity index (χ0n) is 18.1. The van der Waals surface area contributed by atoms with Gasteiger partial charge in [0, 0.05) is 45.8 Å². The Balaban J connectivity index is 0.00000272. The molecular weight excluding hydrogens is 471 g/mol. The van der Waals surface area contributed by atoms with E-state index in [1.807, 2.05) is 13.2 Å². The molecule has 1 aliphatic carbocycles. The number of likely N-dealkylation sites (N-methyl/N-ethyl adjacent to an activating group) is 1. The average molecular weight is 497 g/mol. The average Bonchev–Trinajstić information content (AvgIpc) is 3.30. The second kappa shape index (κ2) is 10.0. The number of methoxy groups -OCH3 is 1. The van der Waals surface area contributed by atoms with Crippen LogP contribution in [0.2, 0.25) is 0 Å². The molecule has 0 bridgehead atoms. The maximum absolute atomic E-state index is 13.0. The van der Waals surface area contributed by atoms with E-state index in [1.165, 1.54) is 20.0 Å². The molecule has 1 atom stereocenters. The van der Waals surface area contributed by atoms with Crippen LogP contribution in [0.1, 0.15) is 44.6 Å². The molecule has 1 saturated carbocycles. The number of nitrogens with one attached hydrogen (secondary N) is 1. The molecule has 1 aliphatic heterocycles. The molecule has 2 heterocycles. The van der Waals surface area contributed by atoms with Crippen molar-refractivity contribution in [3.05, 3.63) is 30.0 Å². The summed E-state index contributed by atoms with van der Waals surface area (Å²) in [6.45, 7) is 2.04. The van der Waals surface area contributed by atoms with Gasteiger partial charge in [0.05, 0.1) is 31.0 Å². The van der Waals surface area contributed by atoms with Gasteiger partial charge in [-0.3, -0.25) is 4.79 Å². The van der Waals surface area contributed by atoms with E-state index in [4.69, 9.17) is 9.72 Å². The van der Waals surface area contributed by atoms with Crippen LogP contribution < -0.4 is 19.9 Å². The van der Waals surface area contributed by atoms with E-state index in [2.05, 4.69) is 15.2 Å². The van der Waals surface area contributed by atoms with Crippen LogP contribution in [-0.4, -0.2) is 48.4 Å². The monoisotopic (exact) mass is 497 g/mol. The number of rotatable bonds is 6. The fourth-order valence-corrected chi connectivity index (χ4v) is 4.42. The zero-order valence-corrected chi connectivity index (χ0v) is 20.9. The van der Waals surface area contributed by atoms with Crippen molar-refractivity contribution < 1.29 is 47.0 Å². The number of carbonyl (C=O) groups excluding carboxylic acids is 2. The summed E-state index contributed by atoms with van der Waals surface area (Å²) in [6.07, 6.45) is 8.75. The van der Waals surface area contributed by atoms with E-state index < -0.39 is 0 Å². The van der Waals surface area contributed by atoms with Gasteiger partial charge in [0.15, 0.2) is 5.82 Å². The smallest absolute Gasteiger partial charge is 0.249 e. The first-order valence-corrected chi connectivity index (χ1v) is 10.3. The molecule has 1 N–H and O–H groups in total. The van der Waals surface area contributed by atoms with Gasteiger partial charge in [-0.1, -0.05) is 25.8 Å². The van der Waals surface area contributed by atoms with Gasteiger partial charge >= 0.3 is 0 Å². The molecule has 1 unspecified atom stereocenters. The van der Waals surface area contributed by atoms with Gasteiger partial charge in [-0.2, -0.15) is 11.1 Å². The number of fused-ring (bicyclic) bond motifs is 1. The third kappa shape index (κ3) is 4.46. The number of hydrogen-bond donors (Lipinski definition) is 1. The molecule has 1 aromatic heterocycles. The Morgan fingerprint density at radius 1 is 1.29 bits per heavy atom. The third-order valence-electron chi connectivity index (χ3n) is 5.98. The quantitative estimate of drug-likeness (QED) is 0.614. The van der Waals surface area contributed by atoms with E-state index in [9.17, 15) is 9.59 Å². The van der Waals surface area contributed by atoms with Crippen molar-refractivity contribution in [3.8, 4) is 5.75 Å². The number of nitrogens with zero attached hydrogens (tertiary/aromatic N) is 4. The van der Waals surface area contributed by atoms with Gasteiger partial charge < -0.3 is 24.6 Å². The van der Waals surface area contributed by atoms with Crippen molar-refractivity contribution in [3.63, 3.8) is 0 Å². The predicted octanol–water partition coefficient (Wildman–Crippen LogP) is 3.19. The second-order valence-electron chi connectivity index (χ2n) is 7.71. The molecule has 31 heavy (non-hydrogen) atoms. The van der Waals surface area contributed by atoms with Crippen LogP contribution in [-0.2, 0) is 42.3 Å². The maximum Gasteiger partial charge on any atom is 0.249 e. The summed E-state index contributed by atoms with van der Waals surface area (Å²) in [7, 11) is 3.32. The third-order valence-corrected chi connectivity index (χ3v) is 5.98. The molecule has 0 spiro atoms. The van der Waals surface area contributed by atoms with E-state index in [0.29, 0.717) is 29.0 Å². The Labute approximate surface area is 207 Å². The topological polar surface area (TPSA) is 87.7 Å². The largest absolute Gasteiger partial charge is 0.507 e. The van der Waals surface area contributed by atoms with Crippen LogP contribution in [0, 0.1) is 0 Å². The molecule has 9 heteroatoms. The molecule has 0 saturated heterocycles. The SMILES string of the molecule is CCC1C(=O)N(C)c2cnc(Nc3ccc([C-]=O)cc3OC)nc2N1C1CCCC1.[Y]. The summed E-state index contributed by atoms with van der Waals surface area (Å²) in [4.78, 5) is 37.0. The van der Waals surface area contributed by atoms with Crippen LogP contribution in [0.15, 0.2) is 24.4 Å². The first-order valence-electron chi connectivity index (χ1n) is 10.3. The number of ether oxygens (including phenoxy) is 1. The normalized spacial score (nSPS) is 18.4. The van der Waals surface area contributed by atoms with E-state index in [-0.39, 0.29) is 44.7 Å². The predicted molar refractivity (Wildman–Crippen MR) is 115 cm³/mol. The molecule has 8 nitrogen and oxygen atoms in total. The Hall–Kier alpha value is -2.06. The number of carbonyl (C=O) groups is 1. The first kappa shape index (κ1) is 23.6. The number of anilines is 4. The van der Waals surface area contributed by atoms with Gasteiger partial charge in [0.2, 0.25) is 11.9 Å². The van der Waals surface area contributed by atoms with Crippen molar-refractivity contribution in [2.45, 2.75) is 51.1 Å². The summed E-state index contributed by atoms with van der Waals surface area (Å²) in [6, 6.07) is 5.09. The fraction of sp³-hybridized carbons (Fsp3) is 0.455. The number of aromatic nitrogens is 2. The Morgan fingerprint density at radius 3 is 2.68 bits per heavy atom. The van der Waals surface area contributed by atoms with Crippen LogP contribution in [0.4, 0.5) is 23.1 Å². The molecule has 161 valence electrons. The number of benzene rings is 1. The molecule has 1 amide bonds. The van der Waals surface area contributed by atoms with Gasteiger partial charge in [-0.25, -0.2) is 4.98 Å². The summed E-state index contributed by atoms with van der Waals surface area (Å²) < 4.78 is 5.38. The Bertz CT molecular complexity index is 964. The van der Waals surface area contributed by atoms with Gasteiger partial charge in [-0.15, -0.1) is 11.6 Å². The molecule has 1 fully saturated rings. The van der Waals surface area contributed by atoms with Crippen molar-refractivity contribution in [2.24, 2.45) is 0 Å². The summed E-state index contributed by atoms with van der Waals surface area (Å²) in [5, 5.41) is 3.19. The van der Waals surface area contributed by atoms with Crippen LogP contribution in [0.25, 0.3) is 0 Å². The minimum atomic E-state index is -0.217.